The smallest absolute Gasteiger partial charge is 0.305 e. The lowest BCUT2D eigenvalue weighted by Crippen LogP contribution is -2.38. The van der Waals surface area contributed by atoms with Crippen LogP contribution in [0.15, 0.2) is 24.3 Å². The van der Waals surface area contributed by atoms with Crippen molar-refractivity contribution in [1.82, 2.24) is 9.88 Å². The number of carbonyl (C=O) groups is 2. The second-order valence-electron chi connectivity index (χ2n) is 6.68. The summed E-state index contributed by atoms with van der Waals surface area (Å²) < 4.78 is 10.0. The van der Waals surface area contributed by atoms with Crippen LogP contribution in [0.4, 0.5) is 0 Å². The molecular formula is C20H24N2O4S. The molecule has 7 heteroatoms. The second kappa shape index (κ2) is 8.52. The van der Waals surface area contributed by atoms with Gasteiger partial charge in [-0.05, 0) is 37.8 Å². The summed E-state index contributed by atoms with van der Waals surface area (Å²) in [7, 11) is 3.04. The molecular weight excluding hydrogens is 364 g/mol. The van der Waals surface area contributed by atoms with Crippen molar-refractivity contribution < 1.29 is 19.1 Å². The zero-order valence-electron chi connectivity index (χ0n) is 15.9. The summed E-state index contributed by atoms with van der Waals surface area (Å²) in [4.78, 5) is 31.5. The van der Waals surface area contributed by atoms with Crippen LogP contribution < -0.4 is 4.74 Å². The summed E-state index contributed by atoms with van der Waals surface area (Å²) in [6, 6.07) is 7.69. The van der Waals surface area contributed by atoms with E-state index in [0.29, 0.717) is 24.4 Å². The molecule has 1 fully saturated rings. The first kappa shape index (κ1) is 19.4. The summed E-state index contributed by atoms with van der Waals surface area (Å²) in [5.74, 6) is 0.897. The molecule has 0 aliphatic carbocycles. The van der Waals surface area contributed by atoms with Gasteiger partial charge in [0.25, 0.3) is 5.91 Å². The molecule has 0 atom stereocenters. The Labute approximate surface area is 163 Å². The Morgan fingerprint density at radius 3 is 2.67 bits per heavy atom. The SMILES string of the molecule is COC(=O)CC1CCN(C(=O)c2sc(-c3cccc(OC)c3)nc2C)CC1. The molecule has 1 aliphatic rings. The maximum absolute atomic E-state index is 13.0. The number of thiazole rings is 1. The fourth-order valence-electron chi connectivity index (χ4n) is 3.28. The Balaban J connectivity index is 1.69. The Morgan fingerprint density at radius 2 is 2.00 bits per heavy atom. The van der Waals surface area contributed by atoms with Crippen LogP contribution in [0.25, 0.3) is 10.6 Å². The van der Waals surface area contributed by atoms with Gasteiger partial charge in [-0.25, -0.2) is 4.98 Å². The summed E-state index contributed by atoms with van der Waals surface area (Å²) in [5, 5.41) is 0.815. The molecule has 0 N–H and O–H groups in total. The minimum Gasteiger partial charge on any atom is -0.497 e. The normalized spacial score (nSPS) is 14.9. The molecule has 3 rings (SSSR count). The molecule has 1 amide bonds. The first-order chi connectivity index (χ1) is 13.0. The lowest BCUT2D eigenvalue weighted by atomic mass is 9.93. The zero-order valence-corrected chi connectivity index (χ0v) is 16.7. The average molecular weight is 388 g/mol. The highest BCUT2D eigenvalue weighted by atomic mass is 32.1. The van der Waals surface area contributed by atoms with E-state index in [2.05, 4.69) is 4.98 Å². The largest absolute Gasteiger partial charge is 0.497 e. The van der Waals surface area contributed by atoms with Gasteiger partial charge >= 0.3 is 5.97 Å². The maximum atomic E-state index is 13.0. The fraction of sp³-hybridized carbons (Fsp3) is 0.450. The molecule has 2 aromatic rings. The molecule has 0 spiro atoms. The summed E-state index contributed by atoms with van der Waals surface area (Å²) >= 11 is 1.42. The first-order valence-corrected chi connectivity index (χ1v) is 9.81. The van der Waals surface area contributed by atoms with Crippen LogP contribution >= 0.6 is 11.3 Å². The lowest BCUT2D eigenvalue weighted by molar-refractivity contribution is -0.142. The number of ether oxygens (including phenoxy) is 2. The first-order valence-electron chi connectivity index (χ1n) is 8.99. The van der Waals surface area contributed by atoms with E-state index in [1.165, 1.54) is 18.4 Å². The van der Waals surface area contributed by atoms with Crippen molar-refractivity contribution in [2.45, 2.75) is 26.2 Å². The van der Waals surface area contributed by atoms with Crippen LogP contribution in [0.1, 0.15) is 34.6 Å². The van der Waals surface area contributed by atoms with Crippen LogP contribution in [0.5, 0.6) is 5.75 Å². The van der Waals surface area contributed by atoms with E-state index in [1.54, 1.807) is 7.11 Å². The third-order valence-corrected chi connectivity index (χ3v) is 6.09. The third-order valence-electron chi connectivity index (χ3n) is 4.89. The summed E-state index contributed by atoms with van der Waals surface area (Å²) in [6.45, 7) is 3.19. The Hall–Kier alpha value is -2.41. The lowest BCUT2D eigenvalue weighted by Gasteiger charge is -2.31. The predicted octanol–water partition coefficient (Wildman–Crippen LogP) is 3.54. The van der Waals surface area contributed by atoms with Gasteiger partial charge in [-0.15, -0.1) is 11.3 Å². The number of hydrogen-bond donors (Lipinski definition) is 0. The van der Waals surface area contributed by atoms with E-state index in [1.807, 2.05) is 36.1 Å². The average Bonchev–Trinajstić information content (AvgIpc) is 3.09. The highest BCUT2D eigenvalue weighted by Gasteiger charge is 2.27. The van der Waals surface area contributed by atoms with E-state index in [0.717, 1.165) is 34.9 Å². The molecule has 1 aromatic heterocycles. The molecule has 0 unspecified atom stereocenters. The van der Waals surface area contributed by atoms with Crippen molar-refractivity contribution in [2.24, 2.45) is 5.92 Å². The topological polar surface area (TPSA) is 68.7 Å². The molecule has 6 nitrogen and oxygen atoms in total. The van der Waals surface area contributed by atoms with Crippen molar-refractivity contribution in [3.8, 4) is 16.3 Å². The van der Waals surface area contributed by atoms with E-state index in [4.69, 9.17) is 9.47 Å². The zero-order chi connectivity index (χ0) is 19.4. The third kappa shape index (κ3) is 4.47. The van der Waals surface area contributed by atoms with Gasteiger partial charge in [0.05, 0.1) is 19.9 Å². The molecule has 0 bridgehead atoms. The number of aryl methyl sites for hydroxylation is 1. The second-order valence-corrected chi connectivity index (χ2v) is 7.68. The van der Waals surface area contributed by atoms with Gasteiger partial charge in [-0.3, -0.25) is 9.59 Å². The number of aromatic nitrogens is 1. The Morgan fingerprint density at radius 1 is 1.26 bits per heavy atom. The number of likely N-dealkylation sites (tertiary alicyclic amines) is 1. The monoisotopic (exact) mass is 388 g/mol. The number of nitrogens with zero attached hydrogens (tertiary/aromatic N) is 2. The Kier molecular flexibility index (Phi) is 6.11. The molecule has 144 valence electrons. The van der Waals surface area contributed by atoms with Gasteiger partial charge in [0.2, 0.25) is 0 Å². The van der Waals surface area contributed by atoms with Crippen LogP contribution in [0.3, 0.4) is 0 Å². The molecule has 1 aliphatic heterocycles. The number of esters is 1. The molecule has 0 radical (unpaired) electrons. The number of benzene rings is 1. The van der Waals surface area contributed by atoms with Crippen LogP contribution in [0.2, 0.25) is 0 Å². The number of piperidine rings is 1. The van der Waals surface area contributed by atoms with E-state index < -0.39 is 0 Å². The van der Waals surface area contributed by atoms with Crippen molar-refractivity contribution in [3.63, 3.8) is 0 Å². The van der Waals surface area contributed by atoms with Crippen molar-refractivity contribution in [2.75, 3.05) is 27.3 Å². The fourth-order valence-corrected chi connectivity index (χ4v) is 4.31. The number of rotatable bonds is 5. The van der Waals surface area contributed by atoms with Gasteiger partial charge < -0.3 is 14.4 Å². The van der Waals surface area contributed by atoms with Crippen molar-refractivity contribution >= 4 is 23.2 Å². The van der Waals surface area contributed by atoms with Crippen LogP contribution in [-0.4, -0.2) is 49.1 Å². The summed E-state index contributed by atoms with van der Waals surface area (Å²) in [6.07, 6.45) is 2.07. The highest BCUT2D eigenvalue weighted by molar-refractivity contribution is 7.17. The predicted molar refractivity (Wildman–Crippen MR) is 104 cm³/mol. The van der Waals surface area contributed by atoms with Crippen molar-refractivity contribution in [3.05, 3.63) is 34.8 Å². The van der Waals surface area contributed by atoms with Gasteiger partial charge in [-0.2, -0.15) is 0 Å². The number of hydrogen-bond acceptors (Lipinski definition) is 6. The highest BCUT2D eigenvalue weighted by Crippen LogP contribution is 2.31. The molecule has 27 heavy (non-hydrogen) atoms. The minimum atomic E-state index is -0.180. The standard InChI is InChI=1S/C20H24N2O4S/c1-13-18(27-19(21-13)15-5-4-6-16(12-15)25-2)20(24)22-9-7-14(8-10-22)11-17(23)26-3/h4-6,12,14H,7-11H2,1-3H3. The van der Waals surface area contributed by atoms with Gasteiger partial charge in [-0.1, -0.05) is 12.1 Å². The van der Waals surface area contributed by atoms with Crippen LogP contribution in [-0.2, 0) is 9.53 Å². The Bertz CT molecular complexity index is 825. The quantitative estimate of drug-likeness (QED) is 0.733. The molecule has 1 saturated heterocycles. The van der Waals surface area contributed by atoms with Crippen molar-refractivity contribution in [1.29, 1.82) is 0 Å². The number of amides is 1. The van der Waals surface area contributed by atoms with Gasteiger partial charge in [0, 0.05) is 25.1 Å². The van der Waals surface area contributed by atoms with Gasteiger partial charge in [0.15, 0.2) is 0 Å². The molecule has 1 aromatic carbocycles. The molecule has 0 saturated carbocycles. The number of carbonyl (C=O) groups excluding carboxylic acids is 2. The van der Waals surface area contributed by atoms with E-state index in [-0.39, 0.29) is 17.8 Å². The molecule has 2 heterocycles. The van der Waals surface area contributed by atoms with E-state index >= 15 is 0 Å². The minimum absolute atomic E-state index is 0.0238. The van der Waals surface area contributed by atoms with E-state index in [9.17, 15) is 9.59 Å². The van der Waals surface area contributed by atoms with Gasteiger partial charge in [0.1, 0.15) is 15.6 Å². The summed E-state index contributed by atoms with van der Waals surface area (Å²) in [5.41, 5.74) is 1.69. The maximum Gasteiger partial charge on any atom is 0.305 e. The van der Waals surface area contributed by atoms with Crippen LogP contribution in [0, 0.1) is 12.8 Å². The number of methoxy groups -OCH3 is 2.